The van der Waals surface area contributed by atoms with Crippen molar-refractivity contribution in [1.82, 2.24) is 15.3 Å². The molecule has 8 nitrogen and oxygen atoms in total. The minimum absolute atomic E-state index is 0.141. The highest BCUT2D eigenvalue weighted by atomic mass is 16.6. The third-order valence-corrected chi connectivity index (χ3v) is 4.09. The molecule has 24 heavy (non-hydrogen) atoms. The number of nitroso groups, excluding NO2 is 1. The minimum Gasteiger partial charge on any atom is -0.483 e. The van der Waals surface area contributed by atoms with Crippen molar-refractivity contribution in [1.29, 1.82) is 0 Å². The average Bonchev–Trinajstić information content (AvgIpc) is 2.95. The summed E-state index contributed by atoms with van der Waals surface area (Å²) >= 11 is 0. The topological polar surface area (TPSA) is 88.5 Å². The number of fused-ring (bicyclic) bond motifs is 2. The SMILES string of the molecule is CC1C(=O)C=C[N+](=O)N1C1=CC(C)(C)Oc2cc3nonc3cc21. The van der Waals surface area contributed by atoms with Crippen LogP contribution in [0.3, 0.4) is 0 Å². The first-order valence-electron chi connectivity index (χ1n) is 7.52. The number of hydrazine groups is 1. The number of hydrogen-bond donors (Lipinski definition) is 0. The van der Waals surface area contributed by atoms with Gasteiger partial charge in [-0.1, -0.05) is 5.01 Å². The molecule has 1 aromatic carbocycles. The van der Waals surface area contributed by atoms with Crippen LogP contribution in [0, 0.1) is 4.91 Å². The maximum Gasteiger partial charge on any atom is 0.261 e. The van der Waals surface area contributed by atoms with Gasteiger partial charge >= 0.3 is 0 Å². The van der Waals surface area contributed by atoms with Crippen LogP contribution in [0.5, 0.6) is 5.75 Å². The Morgan fingerprint density at radius 3 is 2.71 bits per heavy atom. The molecular formula is C16H15N4O4+. The molecule has 0 aliphatic carbocycles. The summed E-state index contributed by atoms with van der Waals surface area (Å²) in [5, 5.41) is 9.06. The number of aromatic nitrogens is 2. The molecular weight excluding hydrogens is 312 g/mol. The fourth-order valence-corrected chi connectivity index (χ4v) is 2.96. The maximum absolute atomic E-state index is 12.4. The molecule has 1 atom stereocenters. The zero-order chi connectivity index (χ0) is 17.1. The van der Waals surface area contributed by atoms with Gasteiger partial charge in [0.2, 0.25) is 0 Å². The zero-order valence-electron chi connectivity index (χ0n) is 13.4. The first-order valence-corrected chi connectivity index (χ1v) is 7.52. The summed E-state index contributed by atoms with van der Waals surface area (Å²) in [6, 6.07) is 2.84. The summed E-state index contributed by atoms with van der Waals surface area (Å²) in [4.78, 5) is 25.1. The lowest BCUT2D eigenvalue weighted by Crippen LogP contribution is -2.46. The van der Waals surface area contributed by atoms with Crippen molar-refractivity contribution in [3.8, 4) is 5.75 Å². The van der Waals surface area contributed by atoms with E-state index in [1.807, 2.05) is 19.9 Å². The monoisotopic (exact) mass is 327 g/mol. The van der Waals surface area contributed by atoms with Crippen LogP contribution < -0.4 is 4.74 Å². The standard InChI is InChI=1S/C16H15N4O4/c1-9-14(21)4-5-19(22)20(9)13-8-16(2,3)23-15-7-12-11(6-10(13)15)17-24-18-12/h4-9H,1-3H3/q+1. The molecule has 3 heterocycles. The van der Waals surface area contributed by atoms with Crippen LogP contribution in [0.2, 0.25) is 0 Å². The Morgan fingerprint density at radius 1 is 1.25 bits per heavy atom. The van der Waals surface area contributed by atoms with E-state index < -0.39 is 11.6 Å². The highest BCUT2D eigenvalue weighted by Crippen LogP contribution is 2.40. The van der Waals surface area contributed by atoms with Gasteiger partial charge in [0.1, 0.15) is 28.1 Å². The number of carbonyl (C=O) groups excluding carboxylic acids is 1. The van der Waals surface area contributed by atoms with Gasteiger partial charge in [-0.05, 0) is 43.2 Å². The minimum atomic E-state index is -0.655. The number of nitrogens with zero attached hydrogens (tertiary/aromatic N) is 4. The normalized spacial score (nSPS) is 22.4. The number of benzene rings is 1. The number of ether oxygens (including phenoxy) is 1. The van der Waals surface area contributed by atoms with Crippen molar-refractivity contribution in [3.63, 3.8) is 0 Å². The van der Waals surface area contributed by atoms with E-state index in [-0.39, 0.29) is 5.78 Å². The van der Waals surface area contributed by atoms with Gasteiger partial charge in [0.15, 0.2) is 16.7 Å². The third-order valence-electron chi connectivity index (χ3n) is 4.09. The summed E-state index contributed by atoms with van der Waals surface area (Å²) in [5.74, 6) is 0.418. The molecule has 0 radical (unpaired) electrons. The quantitative estimate of drug-likeness (QED) is 0.742. The van der Waals surface area contributed by atoms with Gasteiger partial charge in [0.05, 0.1) is 11.0 Å². The summed E-state index contributed by atoms with van der Waals surface area (Å²) < 4.78 is 10.7. The van der Waals surface area contributed by atoms with Crippen LogP contribution in [0.15, 0.2) is 35.1 Å². The number of hydrogen-bond acceptors (Lipinski definition) is 6. The molecule has 4 rings (SSSR count). The molecule has 2 aliphatic heterocycles. The number of rotatable bonds is 1. The molecule has 1 unspecified atom stereocenters. The second-order valence-electron chi connectivity index (χ2n) is 6.38. The smallest absolute Gasteiger partial charge is 0.261 e. The van der Waals surface area contributed by atoms with Crippen molar-refractivity contribution in [2.45, 2.75) is 32.4 Å². The van der Waals surface area contributed by atoms with Crippen LogP contribution in [0.4, 0.5) is 0 Å². The second-order valence-corrected chi connectivity index (χ2v) is 6.38. The van der Waals surface area contributed by atoms with E-state index in [0.29, 0.717) is 32.9 Å². The van der Waals surface area contributed by atoms with E-state index in [2.05, 4.69) is 10.3 Å². The van der Waals surface area contributed by atoms with Gasteiger partial charge in [-0.2, -0.15) is 0 Å². The number of carbonyl (C=O) groups is 1. The van der Waals surface area contributed by atoms with E-state index in [1.54, 1.807) is 19.1 Å². The van der Waals surface area contributed by atoms with E-state index in [1.165, 1.54) is 17.3 Å². The van der Waals surface area contributed by atoms with Crippen LogP contribution in [0.25, 0.3) is 16.7 Å². The Kier molecular flexibility index (Phi) is 2.87. The van der Waals surface area contributed by atoms with Gasteiger partial charge in [0.25, 0.3) is 6.20 Å². The lowest BCUT2D eigenvalue weighted by atomic mass is 9.97. The largest absolute Gasteiger partial charge is 0.483 e. The van der Waals surface area contributed by atoms with Gasteiger partial charge in [-0.3, -0.25) is 4.79 Å². The molecule has 0 spiro atoms. The second kappa shape index (κ2) is 4.73. The predicted octanol–water partition coefficient (Wildman–Crippen LogP) is 2.22. The van der Waals surface area contributed by atoms with Crippen LogP contribution in [-0.2, 0) is 4.79 Å². The molecule has 0 saturated carbocycles. The summed E-state index contributed by atoms with van der Waals surface area (Å²) in [5.41, 5.74) is 1.71. The van der Waals surface area contributed by atoms with Crippen LogP contribution in [0.1, 0.15) is 26.3 Å². The molecule has 122 valence electrons. The highest BCUT2D eigenvalue weighted by Gasteiger charge is 2.42. The van der Waals surface area contributed by atoms with E-state index >= 15 is 0 Å². The first-order chi connectivity index (χ1) is 11.4. The van der Waals surface area contributed by atoms with Gasteiger partial charge in [-0.15, -0.1) is 0 Å². The Hall–Kier alpha value is -3.03. The summed E-state index contributed by atoms with van der Waals surface area (Å²) in [7, 11) is 0. The molecule has 2 aliphatic rings. The third kappa shape index (κ3) is 2.10. The Bertz CT molecular complexity index is 941. The van der Waals surface area contributed by atoms with E-state index in [0.717, 1.165) is 0 Å². The average molecular weight is 327 g/mol. The van der Waals surface area contributed by atoms with Crippen molar-refractivity contribution in [2.75, 3.05) is 0 Å². The van der Waals surface area contributed by atoms with Gasteiger partial charge < -0.3 is 4.74 Å². The predicted molar refractivity (Wildman–Crippen MR) is 83.6 cm³/mol. The highest BCUT2D eigenvalue weighted by molar-refractivity contribution is 5.95. The Balaban J connectivity index is 1.93. The summed E-state index contributed by atoms with van der Waals surface area (Å²) in [6.45, 7) is 5.45. The molecule has 8 heteroatoms. The van der Waals surface area contributed by atoms with Crippen molar-refractivity contribution in [3.05, 3.63) is 41.0 Å². The fourth-order valence-electron chi connectivity index (χ4n) is 2.96. The van der Waals surface area contributed by atoms with E-state index in [9.17, 15) is 9.70 Å². The van der Waals surface area contributed by atoms with E-state index in [4.69, 9.17) is 9.37 Å². The zero-order valence-corrected chi connectivity index (χ0v) is 13.4. The molecule has 0 bridgehead atoms. The maximum atomic E-state index is 12.4. The van der Waals surface area contributed by atoms with Crippen LogP contribution >= 0.6 is 0 Å². The Morgan fingerprint density at radius 2 is 1.96 bits per heavy atom. The molecule has 0 fully saturated rings. The lowest BCUT2D eigenvalue weighted by molar-refractivity contribution is -0.640. The van der Waals surface area contributed by atoms with Crippen molar-refractivity contribution >= 4 is 22.5 Å². The summed E-state index contributed by atoms with van der Waals surface area (Å²) in [6.07, 6.45) is 4.31. The van der Waals surface area contributed by atoms with Crippen LogP contribution in [-0.4, -0.2) is 37.6 Å². The molecule has 1 aromatic heterocycles. The van der Waals surface area contributed by atoms with Crippen molar-refractivity contribution in [2.24, 2.45) is 0 Å². The molecule has 0 N–H and O–H groups in total. The number of ketones is 1. The molecule has 0 amide bonds. The van der Waals surface area contributed by atoms with Crippen molar-refractivity contribution < 1.29 is 19.0 Å². The van der Waals surface area contributed by atoms with Gasteiger partial charge in [-0.25, -0.2) is 4.63 Å². The Labute approximate surface area is 136 Å². The molecule has 2 aromatic rings. The van der Waals surface area contributed by atoms with Gasteiger partial charge in [0, 0.05) is 11.6 Å². The first kappa shape index (κ1) is 14.6. The lowest BCUT2D eigenvalue weighted by Gasteiger charge is -2.33. The fraction of sp³-hybridized carbons (Fsp3) is 0.312. The molecule has 0 saturated heterocycles.